The Hall–Kier alpha value is -2.88. The van der Waals surface area contributed by atoms with E-state index < -0.39 is 10.8 Å². The number of aryl methyl sites for hydroxylation is 2. The number of fused-ring (bicyclic) bond motifs is 1. The summed E-state index contributed by atoms with van der Waals surface area (Å²) in [7, 11) is 0.741. The summed E-state index contributed by atoms with van der Waals surface area (Å²) in [5.41, 5.74) is 1.33. The Bertz CT molecular complexity index is 1040. The first-order valence-corrected chi connectivity index (χ1v) is 10.2. The molecular weight excluding hydrogens is 381 g/mol. The molecule has 0 spiro atoms. The maximum atomic E-state index is 13.5. The fourth-order valence-corrected chi connectivity index (χ4v) is 4.34. The first-order valence-electron chi connectivity index (χ1n) is 8.88. The number of rotatable bonds is 6. The first kappa shape index (κ1) is 18.5. The number of halogens is 1. The van der Waals surface area contributed by atoms with E-state index in [4.69, 9.17) is 0 Å². The molecule has 3 aromatic rings. The lowest BCUT2D eigenvalue weighted by molar-refractivity contribution is 0.628. The third-order valence-corrected chi connectivity index (χ3v) is 6.05. The molecule has 0 amide bonds. The molecule has 10 heteroatoms. The van der Waals surface area contributed by atoms with E-state index in [1.165, 1.54) is 12.1 Å². The number of benzene rings is 1. The van der Waals surface area contributed by atoms with Crippen molar-refractivity contribution in [1.29, 1.82) is 0 Å². The molecule has 0 bridgehead atoms. The molecule has 0 saturated carbocycles. The average Bonchev–Trinajstić information content (AvgIpc) is 3.25. The molecule has 3 heterocycles. The van der Waals surface area contributed by atoms with Crippen molar-refractivity contribution < 1.29 is 8.60 Å². The summed E-state index contributed by atoms with van der Waals surface area (Å²) >= 11 is 0. The second kappa shape index (κ2) is 7.63. The minimum atomic E-state index is -1.16. The number of nitrogens with zero attached hydrogens (tertiary/aromatic N) is 6. The summed E-state index contributed by atoms with van der Waals surface area (Å²) in [5.74, 6) is 2.01. The van der Waals surface area contributed by atoms with Crippen LogP contribution in [0.1, 0.15) is 11.5 Å². The number of aromatic nitrogens is 5. The molecule has 8 nitrogen and oxygen atoms in total. The zero-order valence-electron chi connectivity index (χ0n) is 15.6. The third-order valence-electron chi connectivity index (χ3n) is 4.59. The van der Waals surface area contributed by atoms with Gasteiger partial charge in [0.05, 0.1) is 16.5 Å². The number of hydrogen-bond acceptors (Lipinski definition) is 7. The Morgan fingerprint density at radius 3 is 2.96 bits per heavy atom. The van der Waals surface area contributed by atoms with Crippen LogP contribution >= 0.6 is 0 Å². The molecule has 1 atom stereocenters. The van der Waals surface area contributed by atoms with Gasteiger partial charge in [0, 0.05) is 38.0 Å². The average molecular weight is 401 g/mol. The molecule has 146 valence electrons. The third kappa shape index (κ3) is 3.72. The van der Waals surface area contributed by atoms with E-state index in [1.807, 2.05) is 23.4 Å². The van der Waals surface area contributed by atoms with E-state index >= 15 is 0 Å². The standard InChI is InChI=1S/C18H20FN7OS/c1-12-24-20-11-26(12)8-7-25(2)18-22-15-6-9-28(27)16(15)17(23-18)21-14-5-3-4-13(19)10-14/h3-5,10-11H,6-9H2,1-2H3,(H,21,22,23). The minimum absolute atomic E-state index is 0.349. The summed E-state index contributed by atoms with van der Waals surface area (Å²) in [5, 5.41) is 11.0. The fraction of sp³-hybridized carbons (Fsp3) is 0.333. The smallest absolute Gasteiger partial charge is 0.227 e. The van der Waals surface area contributed by atoms with E-state index in [9.17, 15) is 8.60 Å². The van der Waals surface area contributed by atoms with Crippen LogP contribution in [-0.2, 0) is 23.8 Å². The number of likely N-dealkylation sites (N-methyl/N-ethyl adjacent to an activating group) is 1. The van der Waals surface area contributed by atoms with Crippen molar-refractivity contribution >= 4 is 28.3 Å². The van der Waals surface area contributed by atoms with E-state index in [2.05, 4.69) is 25.5 Å². The van der Waals surface area contributed by atoms with Gasteiger partial charge in [-0.2, -0.15) is 4.98 Å². The minimum Gasteiger partial charge on any atom is -0.342 e. The Morgan fingerprint density at radius 2 is 2.21 bits per heavy atom. The van der Waals surface area contributed by atoms with Gasteiger partial charge < -0.3 is 14.8 Å². The maximum Gasteiger partial charge on any atom is 0.227 e. The lowest BCUT2D eigenvalue weighted by atomic mass is 10.3. The van der Waals surface area contributed by atoms with Gasteiger partial charge in [-0.15, -0.1) is 10.2 Å². The highest BCUT2D eigenvalue weighted by Crippen LogP contribution is 2.31. The summed E-state index contributed by atoms with van der Waals surface area (Å²) in [4.78, 5) is 11.7. The first-order chi connectivity index (χ1) is 13.5. The molecule has 0 fully saturated rings. The van der Waals surface area contributed by atoms with Gasteiger partial charge in [0.2, 0.25) is 5.95 Å². The van der Waals surface area contributed by atoms with Crippen LogP contribution in [0.25, 0.3) is 0 Å². The van der Waals surface area contributed by atoms with Crippen molar-refractivity contribution in [3.8, 4) is 0 Å². The largest absolute Gasteiger partial charge is 0.342 e. The van der Waals surface area contributed by atoms with Gasteiger partial charge >= 0.3 is 0 Å². The zero-order valence-corrected chi connectivity index (χ0v) is 16.4. The Balaban J connectivity index is 1.61. The predicted molar refractivity (Wildman–Crippen MR) is 105 cm³/mol. The summed E-state index contributed by atoms with van der Waals surface area (Å²) < 4.78 is 27.9. The molecule has 1 aromatic carbocycles. The zero-order chi connectivity index (χ0) is 19.7. The van der Waals surface area contributed by atoms with Crippen LogP contribution < -0.4 is 10.2 Å². The summed E-state index contributed by atoms with van der Waals surface area (Å²) in [6, 6.07) is 6.11. The fourth-order valence-electron chi connectivity index (χ4n) is 3.03. The predicted octanol–water partition coefficient (Wildman–Crippen LogP) is 2.06. The Labute approximate surface area is 164 Å². The molecule has 0 radical (unpaired) electrons. The molecule has 28 heavy (non-hydrogen) atoms. The number of nitrogens with one attached hydrogen (secondary N) is 1. The second-order valence-electron chi connectivity index (χ2n) is 6.58. The van der Waals surface area contributed by atoms with Crippen LogP contribution in [0.3, 0.4) is 0 Å². The van der Waals surface area contributed by atoms with Crippen molar-refractivity contribution in [3.05, 3.63) is 47.9 Å². The highest BCUT2D eigenvalue weighted by Gasteiger charge is 2.26. The normalized spacial score (nSPS) is 15.5. The van der Waals surface area contributed by atoms with E-state index in [1.54, 1.807) is 18.5 Å². The summed E-state index contributed by atoms with van der Waals surface area (Å²) in [6.07, 6.45) is 2.32. The molecule has 2 aromatic heterocycles. The van der Waals surface area contributed by atoms with Gasteiger partial charge in [0.1, 0.15) is 22.9 Å². The van der Waals surface area contributed by atoms with Crippen LogP contribution in [0.2, 0.25) is 0 Å². The quantitative estimate of drug-likeness (QED) is 0.676. The van der Waals surface area contributed by atoms with Crippen LogP contribution in [0.4, 0.5) is 21.8 Å². The van der Waals surface area contributed by atoms with Crippen molar-refractivity contribution in [2.24, 2.45) is 0 Å². The van der Waals surface area contributed by atoms with Crippen molar-refractivity contribution in [2.75, 3.05) is 29.6 Å². The molecule has 0 saturated heterocycles. The van der Waals surface area contributed by atoms with Crippen molar-refractivity contribution in [1.82, 2.24) is 24.7 Å². The summed E-state index contributed by atoms with van der Waals surface area (Å²) in [6.45, 7) is 3.24. The van der Waals surface area contributed by atoms with Crippen LogP contribution in [0.15, 0.2) is 35.5 Å². The van der Waals surface area contributed by atoms with Crippen LogP contribution in [0.5, 0.6) is 0 Å². The topological polar surface area (TPSA) is 88.8 Å². The monoisotopic (exact) mass is 401 g/mol. The van der Waals surface area contributed by atoms with Gasteiger partial charge in [0.15, 0.2) is 5.82 Å². The molecule has 4 rings (SSSR count). The number of hydrogen-bond donors (Lipinski definition) is 1. The Kier molecular flexibility index (Phi) is 5.03. The van der Waals surface area contributed by atoms with Crippen molar-refractivity contribution in [3.63, 3.8) is 0 Å². The second-order valence-corrected chi connectivity index (χ2v) is 8.08. The highest BCUT2D eigenvalue weighted by molar-refractivity contribution is 7.85. The van der Waals surface area contributed by atoms with E-state index in [0.29, 0.717) is 47.6 Å². The van der Waals surface area contributed by atoms with E-state index in [0.717, 1.165) is 11.5 Å². The van der Waals surface area contributed by atoms with Gasteiger partial charge in [-0.25, -0.2) is 9.37 Å². The lowest BCUT2D eigenvalue weighted by Crippen LogP contribution is -2.25. The lowest BCUT2D eigenvalue weighted by Gasteiger charge is -2.20. The molecule has 1 aliphatic heterocycles. The molecule has 1 N–H and O–H groups in total. The molecule has 1 aliphatic rings. The van der Waals surface area contributed by atoms with Gasteiger partial charge in [-0.1, -0.05) is 6.07 Å². The van der Waals surface area contributed by atoms with Gasteiger partial charge in [-0.05, 0) is 25.1 Å². The van der Waals surface area contributed by atoms with Crippen molar-refractivity contribution in [2.45, 2.75) is 24.8 Å². The molecular formula is C18H20FN7OS. The molecule has 1 unspecified atom stereocenters. The number of anilines is 3. The van der Waals surface area contributed by atoms with Gasteiger partial charge in [0.25, 0.3) is 0 Å². The highest BCUT2D eigenvalue weighted by atomic mass is 32.2. The van der Waals surface area contributed by atoms with Crippen LogP contribution in [0, 0.1) is 12.7 Å². The van der Waals surface area contributed by atoms with E-state index in [-0.39, 0.29) is 5.82 Å². The van der Waals surface area contributed by atoms with Crippen LogP contribution in [-0.4, -0.2) is 48.3 Å². The maximum absolute atomic E-state index is 13.5. The molecule has 0 aliphatic carbocycles. The van der Waals surface area contributed by atoms with Gasteiger partial charge in [-0.3, -0.25) is 4.21 Å². The Morgan fingerprint density at radius 1 is 1.36 bits per heavy atom. The SMILES string of the molecule is Cc1nncn1CCN(C)c1nc2c(c(Nc3cccc(F)c3)n1)S(=O)CC2.